The van der Waals surface area contributed by atoms with Crippen LogP contribution in [0.15, 0.2) is 11.8 Å². The molecule has 0 heterocycles. The molecule has 0 aliphatic rings. The van der Waals surface area contributed by atoms with Gasteiger partial charge in [-0.1, -0.05) is 16.9 Å². The molecular weight excluding hydrogens is 128 g/mol. The van der Waals surface area contributed by atoms with E-state index in [9.17, 15) is 0 Å². The Labute approximate surface area is 50.6 Å². The van der Waals surface area contributed by atoms with E-state index >= 15 is 0 Å². The summed E-state index contributed by atoms with van der Waals surface area (Å²) < 4.78 is 0. The van der Waals surface area contributed by atoms with Crippen molar-refractivity contribution < 1.29 is 0 Å². The van der Waals surface area contributed by atoms with Crippen molar-refractivity contribution in [1.82, 2.24) is 0 Å². The molecule has 0 radical (unpaired) electrons. The summed E-state index contributed by atoms with van der Waals surface area (Å²) in [7, 11) is 2.73. The molecule has 0 N–H and O–H groups in total. The minimum absolute atomic E-state index is 1.05. The highest BCUT2D eigenvalue weighted by molar-refractivity contribution is 8.68. The lowest BCUT2D eigenvalue weighted by molar-refractivity contribution is 1.83. The van der Waals surface area contributed by atoms with Crippen LogP contribution in [0.2, 0.25) is 0 Å². The Bertz CT molecular complexity index is 44.1. The Balaban J connectivity index is 2.66. The second-order valence-electron chi connectivity index (χ2n) is 0.865. The van der Waals surface area contributed by atoms with Crippen LogP contribution in [0.3, 0.4) is 0 Å². The van der Waals surface area contributed by atoms with Crippen LogP contribution < -0.4 is 0 Å². The summed E-state index contributed by atoms with van der Waals surface area (Å²) in [5.74, 6) is 1.05. The van der Waals surface area contributed by atoms with E-state index < -0.39 is 0 Å². The second-order valence-corrected chi connectivity index (χ2v) is 2.90. The maximum atomic E-state index is 3.94. The van der Waals surface area contributed by atoms with Gasteiger partial charge in [0, 0.05) is 16.0 Å². The highest BCUT2D eigenvalue weighted by Gasteiger charge is 1.65. The molecule has 0 spiro atoms. The van der Waals surface area contributed by atoms with Crippen LogP contribution in [-0.4, -0.2) is 16.0 Å². The van der Waals surface area contributed by atoms with Gasteiger partial charge >= 0.3 is 0 Å². The summed E-state index contributed by atoms with van der Waals surface area (Å²) in [6, 6.07) is 0. The van der Waals surface area contributed by atoms with E-state index in [1.54, 1.807) is 10.8 Å². The quantitative estimate of drug-likeness (QED) is 0.327. The fourth-order valence-corrected chi connectivity index (χ4v) is 1.25. The van der Waals surface area contributed by atoms with Crippen molar-refractivity contribution >= 4 is 32.7 Å². The van der Waals surface area contributed by atoms with Crippen LogP contribution >= 0.6 is 22.5 Å². The Morgan fingerprint density at radius 3 is 2.67 bits per heavy atom. The molecule has 36 valence electrons. The van der Waals surface area contributed by atoms with Gasteiger partial charge in [-0.3, -0.25) is 0 Å². The minimum atomic E-state index is 1.05. The normalized spacial score (nSPS) is 10.8. The van der Waals surface area contributed by atoms with E-state index in [1.807, 2.05) is 0 Å². The fraction of sp³-hybridized carbons (Fsp3) is 0.333. The molecular formula is C3H8S2Si. The minimum Gasteiger partial charge on any atom is -0.111 e. The molecule has 6 heavy (non-hydrogen) atoms. The van der Waals surface area contributed by atoms with Gasteiger partial charge in [0.1, 0.15) is 0 Å². The zero-order valence-corrected chi connectivity index (χ0v) is 7.43. The first-order valence-electron chi connectivity index (χ1n) is 1.79. The Morgan fingerprint density at radius 2 is 2.50 bits per heavy atom. The van der Waals surface area contributed by atoms with Gasteiger partial charge in [-0.2, -0.15) is 0 Å². The monoisotopic (exact) mass is 136 g/mol. The van der Waals surface area contributed by atoms with E-state index in [0.29, 0.717) is 0 Å². The number of thiol groups is 1. The van der Waals surface area contributed by atoms with Gasteiger partial charge in [-0.05, 0) is 0 Å². The van der Waals surface area contributed by atoms with Crippen molar-refractivity contribution in [3.8, 4) is 0 Å². The van der Waals surface area contributed by atoms with Crippen LogP contribution in [0, 0.1) is 0 Å². The molecule has 0 saturated carbocycles. The third kappa shape index (κ3) is 4.66. The third-order valence-electron chi connectivity index (χ3n) is 0.406. The zero-order chi connectivity index (χ0) is 4.83. The van der Waals surface area contributed by atoms with Crippen LogP contribution in [0.25, 0.3) is 0 Å². The molecule has 0 aliphatic heterocycles. The SMILES string of the molecule is [SiH3]C=CCSS. The molecule has 3 heteroatoms. The highest BCUT2D eigenvalue weighted by atomic mass is 33.1. The van der Waals surface area contributed by atoms with E-state index in [1.165, 1.54) is 10.2 Å². The van der Waals surface area contributed by atoms with Crippen LogP contribution in [0.4, 0.5) is 0 Å². The standard InChI is InChI=1S/C3H8S2Si/c4-5-2-1-3-6/h1,3-4H,2H2,6H3. The number of rotatable bonds is 2. The molecule has 0 aromatic heterocycles. The van der Waals surface area contributed by atoms with Crippen LogP contribution in [-0.2, 0) is 0 Å². The van der Waals surface area contributed by atoms with Crippen LogP contribution in [0.5, 0.6) is 0 Å². The lowest BCUT2D eigenvalue weighted by atomic mass is 10.8. The fourth-order valence-electron chi connectivity index (χ4n) is 0.139. The predicted octanol–water partition coefficient (Wildman–Crippen LogP) is 0.443. The first-order chi connectivity index (χ1) is 2.91. The molecule has 0 amide bonds. The van der Waals surface area contributed by atoms with Gasteiger partial charge < -0.3 is 0 Å². The Kier molecular flexibility index (Phi) is 6.28. The van der Waals surface area contributed by atoms with Crippen LogP contribution in [0.1, 0.15) is 0 Å². The van der Waals surface area contributed by atoms with Gasteiger partial charge in [0.2, 0.25) is 0 Å². The number of hydrogen-bond acceptors (Lipinski definition) is 2. The van der Waals surface area contributed by atoms with E-state index in [-0.39, 0.29) is 0 Å². The third-order valence-corrected chi connectivity index (χ3v) is 1.67. The predicted molar refractivity (Wildman–Crippen MR) is 40.5 cm³/mol. The number of hydrogen-bond donors (Lipinski definition) is 1. The molecule has 0 nitrogen and oxygen atoms in total. The molecule has 0 saturated heterocycles. The van der Waals surface area contributed by atoms with Gasteiger partial charge in [-0.25, -0.2) is 0 Å². The largest absolute Gasteiger partial charge is 0.111 e. The maximum Gasteiger partial charge on any atom is 0.0287 e. The van der Waals surface area contributed by atoms with Gasteiger partial charge in [-0.15, -0.1) is 17.4 Å². The summed E-state index contributed by atoms with van der Waals surface area (Å²) in [5.41, 5.74) is 2.16. The average molecular weight is 136 g/mol. The van der Waals surface area contributed by atoms with Gasteiger partial charge in [0.15, 0.2) is 0 Å². The second kappa shape index (κ2) is 5.66. The lowest BCUT2D eigenvalue weighted by Crippen LogP contribution is -1.59. The smallest absolute Gasteiger partial charge is 0.0287 e. The summed E-state index contributed by atoms with van der Waals surface area (Å²) in [6.45, 7) is 0. The van der Waals surface area contributed by atoms with Gasteiger partial charge in [0.25, 0.3) is 0 Å². The Morgan fingerprint density at radius 1 is 1.83 bits per heavy atom. The topological polar surface area (TPSA) is 0 Å². The van der Waals surface area contributed by atoms with Gasteiger partial charge in [0.05, 0.1) is 0 Å². The molecule has 0 bridgehead atoms. The lowest BCUT2D eigenvalue weighted by Gasteiger charge is -1.75. The van der Waals surface area contributed by atoms with Crippen molar-refractivity contribution in [2.75, 3.05) is 5.75 Å². The summed E-state index contributed by atoms with van der Waals surface area (Å²) >= 11 is 3.94. The molecule has 0 rings (SSSR count). The van der Waals surface area contributed by atoms with Crippen molar-refractivity contribution in [3.63, 3.8) is 0 Å². The average Bonchev–Trinajstić information content (AvgIpc) is 1.61. The van der Waals surface area contributed by atoms with Crippen molar-refractivity contribution in [3.05, 3.63) is 11.8 Å². The molecule has 0 unspecified atom stereocenters. The zero-order valence-electron chi connectivity index (χ0n) is 3.72. The highest BCUT2D eigenvalue weighted by Crippen LogP contribution is 2.02. The molecule has 0 aliphatic carbocycles. The summed E-state index contributed by atoms with van der Waals surface area (Å²) in [6.07, 6.45) is 2.13. The molecule has 0 atom stereocenters. The van der Waals surface area contributed by atoms with E-state index in [4.69, 9.17) is 0 Å². The molecule has 0 fully saturated rings. The first kappa shape index (κ1) is 6.66. The maximum absolute atomic E-state index is 3.94. The summed E-state index contributed by atoms with van der Waals surface area (Å²) in [5, 5.41) is 0. The molecule has 0 aromatic carbocycles. The summed E-state index contributed by atoms with van der Waals surface area (Å²) in [4.78, 5) is 0. The van der Waals surface area contributed by atoms with Crippen molar-refractivity contribution in [2.45, 2.75) is 0 Å². The van der Waals surface area contributed by atoms with E-state index in [0.717, 1.165) is 5.75 Å². The first-order valence-corrected chi connectivity index (χ1v) is 4.98. The van der Waals surface area contributed by atoms with E-state index in [2.05, 4.69) is 23.4 Å². The van der Waals surface area contributed by atoms with Crippen molar-refractivity contribution in [2.24, 2.45) is 0 Å². The Hall–Kier alpha value is 0.657. The molecule has 0 aromatic rings. The van der Waals surface area contributed by atoms with Crippen molar-refractivity contribution in [1.29, 1.82) is 0 Å².